The van der Waals surface area contributed by atoms with Gasteiger partial charge < -0.3 is 9.47 Å². The summed E-state index contributed by atoms with van der Waals surface area (Å²) < 4.78 is 36.3. The van der Waals surface area contributed by atoms with Gasteiger partial charge in [-0.15, -0.1) is 0 Å². The predicted molar refractivity (Wildman–Crippen MR) is 77.2 cm³/mol. The molecule has 0 bridgehead atoms. The van der Waals surface area contributed by atoms with Crippen LogP contribution in [0.1, 0.15) is 25.3 Å². The molecule has 0 radical (unpaired) electrons. The quantitative estimate of drug-likeness (QED) is 0.832. The molecule has 20 heavy (non-hydrogen) atoms. The van der Waals surface area contributed by atoms with Gasteiger partial charge >= 0.3 is 0 Å². The minimum atomic E-state index is -3.15. The molecule has 0 spiro atoms. The molecule has 1 aromatic carbocycles. The van der Waals surface area contributed by atoms with Crippen molar-refractivity contribution in [1.82, 2.24) is 4.72 Å². The van der Waals surface area contributed by atoms with Gasteiger partial charge in [-0.05, 0) is 37.5 Å². The van der Waals surface area contributed by atoms with Gasteiger partial charge in [-0.3, -0.25) is 0 Å². The number of rotatable bonds is 7. The van der Waals surface area contributed by atoms with Gasteiger partial charge in [0.15, 0.2) is 0 Å². The molecule has 6 heteroatoms. The molecule has 1 N–H and O–H groups in total. The van der Waals surface area contributed by atoms with Gasteiger partial charge in [0.25, 0.3) is 0 Å². The highest BCUT2D eigenvalue weighted by Crippen LogP contribution is 2.16. The van der Waals surface area contributed by atoms with Crippen LogP contribution in [0, 0.1) is 0 Å². The zero-order valence-corrected chi connectivity index (χ0v) is 12.5. The summed E-state index contributed by atoms with van der Waals surface area (Å²) in [6.45, 7) is 3.32. The Hall–Kier alpha value is -1.11. The maximum atomic E-state index is 11.3. The molecule has 2 rings (SSSR count). The fourth-order valence-electron chi connectivity index (χ4n) is 1.96. The Morgan fingerprint density at radius 2 is 2.10 bits per heavy atom. The topological polar surface area (TPSA) is 64.6 Å². The van der Waals surface area contributed by atoms with Crippen molar-refractivity contribution >= 4 is 10.0 Å². The van der Waals surface area contributed by atoms with Crippen LogP contribution in [0.15, 0.2) is 24.3 Å². The first kappa shape index (κ1) is 15.3. The number of hydrogen-bond acceptors (Lipinski definition) is 4. The summed E-state index contributed by atoms with van der Waals surface area (Å²) in [5, 5.41) is 0. The molecular formula is C14H21NO4S. The number of benzene rings is 1. The highest BCUT2D eigenvalue weighted by molar-refractivity contribution is 7.89. The Balaban J connectivity index is 1.80. The zero-order chi connectivity index (χ0) is 14.4. The molecule has 1 aliphatic heterocycles. The molecule has 1 aliphatic rings. The lowest BCUT2D eigenvalue weighted by Gasteiger charge is -2.12. The standard InChI is InChI=1S/C14H21NO4S/c1-2-20(16,17)15-10-12-5-7-13(8-6-12)19-11-14-4-3-9-18-14/h5-8,14-15H,2-4,9-11H2,1H3/t14-/m1/s1. The van der Waals surface area contributed by atoms with Crippen molar-refractivity contribution in [3.63, 3.8) is 0 Å². The maximum absolute atomic E-state index is 11.3. The number of nitrogens with one attached hydrogen (secondary N) is 1. The third kappa shape index (κ3) is 4.77. The van der Waals surface area contributed by atoms with E-state index in [1.54, 1.807) is 6.92 Å². The van der Waals surface area contributed by atoms with E-state index in [2.05, 4.69) is 4.72 Å². The fourth-order valence-corrected chi connectivity index (χ4v) is 2.55. The minimum Gasteiger partial charge on any atom is -0.491 e. The Bertz CT molecular complexity index is 506. The molecular weight excluding hydrogens is 278 g/mol. The van der Waals surface area contributed by atoms with Crippen LogP contribution >= 0.6 is 0 Å². The van der Waals surface area contributed by atoms with Gasteiger partial charge in [0.2, 0.25) is 10.0 Å². The molecule has 1 atom stereocenters. The van der Waals surface area contributed by atoms with Crippen molar-refractivity contribution in [2.24, 2.45) is 0 Å². The summed E-state index contributed by atoms with van der Waals surface area (Å²) >= 11 is 0. The summed E-state index contributed by atoms with van der Waals surface area (Å²) in [6.07, 6.45) is 2.35. The summed E-state index contributed by atoms with van der Waals surface area (Å²) in [5.74, 6) is 0.873. The van der Waals surface area contributed by atoms with Gasteiger partial charge in [-0.2, -0.15) is 0 Å². The van der Waals surface area contributed by atoms with Crippen LogP contribution in [0.25, 0.3) is 0 Å². The molecule has 1 saturated heterocycles. The average Bonchev–Trinajstić information content (AvgIpc) is 2.97. The van der Waals surface area contributed by atoms with Crippen molar-refractivity contribution in [1.29, 1.82) is 0 Å². The second-order valence-electron chi connectivity index (χ2n) is 4.81. The highest BCUT2D eigenvalue weighted by Gasteiger charge is 2.15. The van der Waals surface area contributed by atoms with Crippen molar-refractivity contribution in [3.8, 4) is 5.75 Å². The van der Waals surface area contributed by atoms with E-state index in [0.29, 0.717) is 13.2 Å². The predicted octanol–water partition coefficient (Wildman–Crippen LogP) is 1.68. The van der Waals surface area contributed by atoms with E-state index in [1.807, 2.05) is 24.3 Å². The number of hydrogen-bond donors (Lipinski definition) is 1. The molecule has 1 aromatic rings. The van der Waals surface area contributed by atoms with Crippen molar-refractivity contribution in [2.75, 3.05) is 19.0 Å². The second kappa shape index (κ2) is 7.06. The molecule has 1 fully saturated rings. The first-order valence-electron chi connectivity index (χ1n) is 6.90. The average molecular weight is 299 g/mol. The van der Waals surface area contributed by atoms with E-state index in [9.17, 15) is 8.42 Å². The largest absolute Gasteiger partial charge is 0.491 e. The maximum Gasteiger partial charge on any atom is 0.211 e. The Kier molecular flexibility index (Phi) is 5.39. The van der Waals surface area contributed by atoms with Crippen LogP contribution in [-0.4, -0.2) is 33.5 Å². The normalized spacial score (nSPS) is 19.1. The van der Waals surface area contributed by atoms with Crippen LogP contribution in [0.3, 0.4) is 0 Å². The Morgan fingerprint density at radius 3 is 2.70 bits per heavy atom. The molecule has 5 nitrogen and oxygen atoms in total. The van der Waals surface area contributed by atoms with Gasteiger partial charge in [0.05, 0.1) is 11.9 Å². The van der Waals surface area contributed by atoms with E-state index >= 15 is 0 Å². The van der Waals surface area contributed by atoms with Gasteiger partial charge in [0, 0.05) is 13.2 Å². The molecule has 0 aromatic heterocycles. The van der Waals surface area contributed by atoms with E-state index in [0.717, 1.165) is 30.8 Å². The van der Waals surface area contributed by atoms with Gasteiger partial charge in [-0.25, -0.2) is 13.1 Å². The molecule has 0 saturated carbocycles. The van der Waals surface area contributed by atoms with Gasteiger partial charge in [-0.1, -0.05) is 12.1 Å². The van der Waals surface area contributed by atoms with Crippen molar-refractivity contribution in [2.45, 2.75) is 32.4 Å². The number of ether oxygens (including phenoxy) is 2. The first-order valence-corrected chi connectivity index (χ1v) is 8.55. The van der Waals surface area contributed by atoms with E-state index < -0.39 is 10.0 Å². The SMILES string of the molecule is CCS(=O)(=O)NCc1ccc(OC[C@H]2CCCO2)cc1. The monoisotopic (exact) mass is 299 g/mol. The van der Waals surface area contributed by atoms with Crippen LogP contribution in [0.4, 0.5) is 0 Å². The van der Waals surface area contributed by atoms with Crippen molar-refractivity contribution in [3.05, 3.63) is 29.8 Å². The van der Waals surface area contributed by atoms with Crippen LogP contribution in [0.2, 0.25) is 0 Å². The van der Waals surface area contributed by atoms with E-state index in [1.165, 1.54) is 0 Å². The molecule has 0 amide bonds. The van der Waals surface area contributed by atoms with E-state index in [-0.39, 0.29) is 11.9 Å². The van der Waals surface area contributed by atoms with E-state index in [4.69, 9.17) is 9.47 Å². The fraction of sp³-hybridized carbons (Fsp3) is 0.571. The Labute approximate surface area is 120 Å². The molecule has 1 heterocycles. The highest BCUT2D eigenvalue weighted by atomic mass is 32.2. The smallest absolute Gasteiger partial charge is 0.211 e. The molecule has 112 valence electrons. The van der Waals surface area contributed by atoms with Crippen LogP contribution in [-0.2, 0) is 21.3 Å². The summed E-state index contributed by atoms with van der Waals surface area (Å²) in [4.78, 5) is 0. The zero-order valence-electron chi connectivity index (χ0n) is 11.7. The lowest BCUT2D eigenvalue weighted by atomic mass is 10.2. The van der Waals surface area contributed by atoms with Gasteiger partial charge in [0.1, 0.15) is 12.4 Å². The lowest BCUT2D eigenvalue weighted by Crippen LogP contribution is -2.24. The van der Waals surface area contributed by atoms with Crippen LogP contribution < -0.4 is 9.46 Å². The summed E-state index contributed by atoms with van der Waals surface area (Å²) in [7, 11) is -3.15. The first-order chi connectivity index (χ1) is 9.59. The second-order valence-corrected chi connectivity index (χ2v) is 6.91. The van der Waals surface area contributed by atoms with Crippen molar-refractivity contribution < 1.29 is 17.9 Å². The molecule has 0 aliphatic carbocycles. The third-order valence-corrected chi connectivity index (χ3v) is 4.60. The summed E-state index contributed by atoms with van der Waals surface area (Å²) in [5.41, 5.74) is 0.909. The van der Waals surface area contributed by atoms with Crippen LogP contribution in [0.5, 0.6) is 5.75 Å². The molecule has 0 unspecified atom stereocenters. The summed E-state index contributed by atoms with van der Waals surface area (Å²) in [6, 6.07) is 7.43. The lowest BCUT2D eigenvalue weighted by molar-refractivity contribution is 0.0679. The minimum absolute atomic E-state index is 0.0928. The third-order valence-electron chi connectivity index (χ3n) is 3.26. The Morgan fingerprint density at radius 1 is 1.35 bits per heavy atom. The number of sulfonamides is 1.